The first-order valence-electron chi connectivity index (χ1n) is 7.79. The third-order valence-electron chi connectivity index (χ3n) is 4.32. The van der Waals surface area contributed by atoms with E-state index in [0.717, 1.165) is 16.8 Å². The van der Waals surface area contributed by atoms with Crippen LogP contribution in [-0.4, -0.2) is 20.2 Å². The van der Waals surface area contributed by atoms with Crippen LogP contribution >= 0.6 is 11.8 Å². The second kappa shape index (κ2) is 4.96. The molecular formula is C19H19N3S. The van der Waals surface area contributed by atoms with E-state index in [2.05, 4.69) is 69.2 Å². The fraction of sp³-hybridized carbons (Fsp3) is 0.263. The Labute approximate surface area is 140 Å². The maximum absolute atomic E-state index is 5.03. The molecule has 1 aliphatic rings. The minimum absolute atomic E-state index is 0.169. The Kier molecular flexibility index (Phi) is 3.13. The fourth-order valence-electron chi connectivity index (χ4n) is 3.04. The van der Waals surface area contributed by atoms with Crippen LogP contribution in [0, 0.1) is 13.8 Å². The van der Waals surface area contributed by atoms with Crippen molar-refractivity contribution in [1.82, 2.24) is 9.61 Å². The molecule has 0 radical (unpaired) electrons. The van der Waals surface area contributed by atoms with Gasteiger partial charge in [0.2, 0.25) is 0 Å². The molecule has 3 aromatic rings. The van der Waals surface area contributed by atoms with Crippen LogP contribution in [0.25, 0.3) is 5.52 Å². The van der Waals surface area contributed by atoms with E-state index in [9.17, 15) is 0 Å². The topological polar surface area (TPSA) is 29.7 Å². The van der Waals surface area contributed by atoms with Crippen LogP contribution < -0.4 is 0 Å². The number of aryl methyl sites for hydroxylation is 2. The fourth-order valence-corrected chi connectivity index (χ4v) is 4.13. The number of pyridine rings is 1. The quantitative estimate of drug-likeness (QED) is 0.654. The molecule has 116 valence electrons. The number of nitrogens with zero attached hydrogens (tertiary/aromatic N) is 3. The molecule has 0 spiro atoms. The van der Waals surface area contributed by atoms with Gasteiger partial charge in [-0.25, -0.2) is 4.52 Å². The summed E-state index contributed by atoms with van der Waals surface area (Å²) in [7, 11) is 0. The number of rotatable bonds is 1. The number of thioether (sulfide) groups is 1. The maximum atomic E-state index is 5.03. The van der Waals surface area contributed by atoms with Crippen LogP contribution in [0.4, 0.5) is 0 Å². The molecule has 4 rings (SSSR count). The molecule has 3 heterocycles. The third kappa shape index (κ3) is 2.29. The minimum Gasteiger partial charge on any atom is -0.267 e. The van der Waals surface area contributed by atoms with Crippen molar-refractivity contribution < 1.29 is 0 Å². The zero-order valence-electron chi connectivity index (χ0n) is 13.8. The molecule has 0 bridgehead atoms. The van der Waals surface area contributed by atoms with Crippen molar-refractivity contribution in [1.29, 1.82) is 0 Å². The number of fused-ring (bicyclic) bond motifs is 2. The highest BCUT2D eigenvalue weighted by Crippen LogP contribution is 2.41. The lowest BCUT2D eigenvalue weighted by Gasteiger charge is -2.28. The van der Waals surface area contributed by atoms with Gasteiger partial charge in [-0.1, -0.05) is 36.0 Å². The van der Waals surface area contributed by atoms with Gasteiger partial charge in [0, 0.05) is 21.7 Å². The van der Waals surface area contributed by atoms with E-state index in [0.29, 0.717) is 0 Å². The highest BCUT2D eigenvalue weighted by Gasteiger charge is 2.29. The van der Waals surface area contributed by atoms with Gasteiger partial charge in [0.1, 0.15) is 4.87 Å². The Morgan fingerprint density at radius 1 is 1.00 bits per heavy atom. The molecule has 0 atom stereocenters. The van der Waals surface area contributed by atoms with Gasteiger partial charge in [0.15, 0.2) is 0 Å². The number of aromatic nitrogens is 2. The van der Waals surface area contributed by atoms with E-state index < -0.39 is 0 Å². The van der Waals surface area contributed by atoms with E-state index in [1.54, 1.807) is 0 Å². The summed E-state index contributed by atoms with van der Waals surface area (Å²) in [5.41, 5.74) is 6.88. The molecule has 0 aliphatic carbocycles. The summed E-state index contributed by atoms with van der Waals surface area (Å²) in [4.78, 5) is 6.14. The van der Waals surface area contributed by atoms with Crippen molar-refractivity contribution in [2.45, 2.75) is 37.5 Å². The molecule has 0 amide bonds. The van der Waals surface area contributed by atoms with Gasteiger partial charge < -0.3 is 0 Å². The predicted octanol–water partition coefficient (Wildman–Crippen LogP) is 4.63. The summed E-state index contributed by atoms with van der Waals surface area (Å²) in [6.07, 6.45) is 1.95. The smallest absolute Gasteiger partial charge is 0.105 e. The van der Waals surface area contributed by atoms with Gasteiger partial charge in [-0.2, -0.15) is 5.10 Å². The second-order valence-corrected chi connectivity index (χ2v) is 8.11. The molecule has 0 unspecified atom stereocenters. The Bertz CT molecular complexity index is 950. The summed E-state index contributed by atoms with van der Waals surface area (Å²) >= 11 is 1.81. The highest BCUT2D eigenvalue weighted by molar-refractivity contribution is 8.00. The van der Waals surface area contributed by atoms with Gasteiger partial charge in [-0.05, 0) is 45.4 Å². The number of hydrogen-bond acceptors (Lipinski definition) is 3. The third-order valence-corrected chi connectivity index (χ3v) is 5.49. The Balaban J connectivity index is 2.00. The van der Waals surface area contributed by atoms with Crippen LogP contribution in [0.3, 0.4) is 0 Å². The van der Waals surface area contributed by atoms with Crippen LogP contribution in [0.2, 0.25) is 0 Å². The van der Waals surface area contributed by atoms with Crippen LogP contribution in [0.5, 0.6) is 0 Å². The molecule has 0 saturated heterocycles. The molecule has 1 aliphatic heterocycles. The SMILES string of the molecule is Cc1ccc2c(C3=NC(C)(C)Sc4ccccc43)cnn2c1C. The van der Waals surface area contributed by atoms with Gasteiger partial charge in [-0.15, -0.1) is 0 Å². The van der Waals surface area contributed by atoms with Gasteiger partial charge >= 0.3 is 0 Å². The average Bonchev–Trinajstić information content (AvgIpc) is 2.94. The maximum Gasteiger partial charge on any atom is 0.105 e. The van der Waals surface area contributed by atoms with Crippen molar-refractivity contribution in [2.75, 3.05) is 0 Å². The Morgan fingerprint density at radius 2 is 1.78 bits per heavy atom. The van der Waals surface area contributed by atoms with Gasteiger partial charge in [0.05, 0.1) is 17.4 Å². The summed E-state index contributed by atoms with van der Waals surface area (Å²) in [5, 5.41) is 4.60. The van der Waals surface area contributed by atoms with Crippen molar-refractivity contribution in [2.24, 2.45) is 4.99 Å². The number of benzene rings is 1. The number of aliphatic imine (C=N–C) groups is 1. The molecule has 4 heteroatoms. The highest BCUT2D eigenvalue weighted by atomic mass is 32.2. The van der Waals surface area contributed by atoms with E-state index in [4.69, 9.17) is 4.99 Å². The molecule has 1 aromatic carbocycles. The normalized spacial score (nSPS) is 16.3. The van der Waals surface area contributed by atoms with Crippen molar-refractivity contribution in [3.63, 3.8) is 0 Å². The predicted molar refractivity (Wildman–Crippen MR) is 96.7 cm³/mol. The van der Waals surface area contributed by atoms with E-state index in [1.807, 2.05) is 22.5 Å². The van der Waals surface area contributed by atoms with Crippen molar-refractivity contribution in [3.8, 4) is 0 Å². The van der Waals surface area contributed by atoms with Crippen LogP contribution in [-0.2, 0) is 0 Å². The largest absolute Gasteiger partial charge is 0.267 e. The summed E-state index contributed by atoms with van der Waals surface area (Å²) < 4.78 is 2.02. The first kappa shape index (κ1) is 14.5. The standard InChI is InChI=1S/C19H19N3S/c1-12-9-10-16-15(11-20-22(16)13(12)2)18-14-7-5-6-8-17(14)23-19(3,4)21-18/h5-11H,1-4H3. The summed E-state index contributed by atoms with van der Waals surface area (Å²) in [5.74, 6) is 0. The van der Waals surface area contributed by atoms with Crippen molar-refractivity contribution in [3.05, 3.63) is 65.0 Å². The van der Waals surface area contributed by atoms with Gasteiger partial charge in [0.25, 0.3) is 0 Å². The average molecular weight is 321 g/mol. The van der Waals surface area contributed by atoms with Gasteiger partial charge in [-0.3, -0.25) is 4.99 Å². The Morgan fingerprint density at radius 3 is 2.61 bits per heavy atom. The molecule has 2 aromatic heterocycles. The summed E-state index contributed by atoms with van der Waals surface area (Å²) in [6.45, 7) is 8.54. The van der Waals surface area contributed by atoms with E-state index >= 15 is 0 Å². The zero-order chi connectivity index (χ0) is 16.2. The lowest BCUT2D eigenvalue weighted by atomic mass is 10.0. The van der Waals surface area contributed by atoms with Crippen molar-refractivity contribution >= 4 is 23.0 Å². The zero-order valence-corrected chi connectivity index (χ0v) is 14.6. The first-order valence-corrected chi connectivity index (χ1v) is 8.60. The monoisotopic (exact) mass is 321 g/mol. The molecular weight excluding hydrogens is 302 g/mol. The molecule has 3 nitrogen and oxygen atoms in total. The van der Waals surface area contributed by atoms with E-state index in [-0.39, 0.29) is 4.87 Å². The molecule has 0 N–H and O–H groups in total. The minimum atomic E-state index is -0.169. The van der Waals surface area contributed by atoms with Crippen LogP contribution in [0.15, 0.2) is 52.5 Å². The van der Waals surface area contributed by atoms with E-state index in [1.165, 1.54) is 21.7 Å². The summed E-state index contributed by atoms with van der Waals surface area (Å²) in [6, 6.07) is 12.8. The molecule has 23 heavy (non-hydrogen) atoms. The lowest BCUT2D eigenvalue weighted by Crippen LogP contribution is -2.21. The Hall–Kier alpha value is -2.07. The molecule has 0 saturated carbocycles. The first-order chi connectivity index (χ1) is 11.0. The number of hydrogen-bond donors (Lipinski definition) is 0. The lowest BCUT2D eigenvalue weighted by molar-refractivity contribution is 0.756. The second-order valence-electron chi connectivity index (χ2n) is 6.46. The molecule has 0 fully saturated rings. The van der Waals surface area contributed by atoms with Crippen LogP contribution in [0.1, 0.15) is 36.2 Å².